The number of methoxy groups -OCH3 is 1. The van der Waals surface area contributed by atoms with Crippen molar-refractivity contribution in [2.75, 3.05) is 7.11 Å². The van der Waals surface area contributed by atoms with Crippen molar-refractivity contribution in [2.45, 2.75) is 6.42 Å². The average molecular weight is 294 g/mol. The molecule has 0 unspecified atom stereocenters. The zero-order valence-electron chi connectivity index (χ0n) is 9.88. The Labute approximate surface area is 117 Å². The van der Waals surface area contributed by atoms with Gasteiger partial charge in [-0.2, -0.15) is 0 Å². The van der Waals surface area contributed by atoms with Gasteiger partial charge in [-0.25, -0.2) is 4.79 Å². The van der Waals surface area contributed by atoms with Gasteiger partial charge in [-0.15, -0.1) is 10.2 Å². The van der Waals surface area contributed by atoms with Gasteiger partial charge in [0, 0.05) is 18.2 Å². The lowest BCUT2D eigenvalue weighted by atomic mass is 10.1. The minimum absolute atomic E-state index is 0.199. The molecule has 96 valence electrons. The molecule has 0 aliphatic heterocycles. The van der Waals surface area contributed by atoms with Gasteiger partial charge < -0.3 is 4.74 Å². The third-order valence-electron chi connectivity index (χ3n) is 2.74. The summed E-state index contributed by atoms with van der Waals surface area (Å²) in [7, 11) is 1.30. The number of halogens is 1. The monoisotopic (exact) mass is 293 g/mol. The van der Waals surface area contributed by atoms with E-state index in [1.807, 2.05) is 12.2 Å². The van der Waals surface area contributed by atoms with Crippen molar-refractivity contribution in [1.29, 1.82) is 0 Å². The Hall–Kier alpha value is -1.79. The Morgan fingerprint density at radius 1 is 1.47 bits per heavy atom. The molecule has 0 atom stereocenters. The molecule has 1 aliphatic rings. The molecule has 0 spiro atoms. The van der Waals surface area contributed by atoms with Crippen LogP contribution in [0.1, 0.15) is 21.1 Å². The minimum atomic E-state index is -0.506. The van der Waals surface area contributed by atoms with E-state index in [9.17, 15) is 4.79 Å². The van der Waals surface area contributed by atoms with Crippen LogP contribution in [-0.4, -0.2) is 28.3 Å². The summed E-state index contributed by atoms with van der Waals surface area (Å²) in [5.41, 5.74) is 2.54. The summed E-state index contributed by atoms with van der Waals surface area (Å²) in [6, 6.07) is 0. The number of hydrogen-bond donors (Lipinski definition) is 0. The molecule has 2 aromatic heterocycles. The van der Waals surface area contributed by atoms with E-state index in [4.69, 9.17) is 11.6 Å². The molecule has 0 fully saturated rings. The molecule has 0 saturated heterocycles. The number of carbonyl (C=O) groups excluding carboxylic acids is 1. The average Bonchev–Trinajstić information content (AvgIpc) is 3.07. The van der Waals surface area contributed by atoms with Crippen LogP contribution in [0.2, 0.25) is 5.02 Å². The lowest BCUT2D eigenvalue weighted by Gasteiger charge is -2.04. The first kappa shape index (κ1) is 12.3. The summed E-state index contributed by atoms with van der Waals surface area (Å²) < 4.78 is 4.60. The Morgan fingerprint density at radius 3 is 3.11 bits per heavy atom. The molecule has 0 N–H and O–H groups in total. The first-order valence-corrected chi connectivity index (χ1v) is 6.66. The van der Waals surface area contributed by atoms with Gasteiger partial charge >= 0.3 is 5.97 Å². The highest BCUT2D eigenvalue weighted by atomic mass is 35.5. The molecular formula is C12H8ClN3O2S. The molecule has 5 nitrogen and oxygen atoms in total. The zero-order chi connectivity index (χ0) is 13.4. The third-order valence-corrected chi connectivity index (χ3v) is 4.09. The van der Waals surface area contributed by atoms with Gasteiger partial charge in [-0.3, -0.25) is 4.98 Å². The number of aromatic nitrogens is 3. The molecule has 2 aromatic rings. The topological polar surface area (TPSA) is 65.0 Å². The highest BCUT2D eigenvalue weighted by Crippen LogP contribution is 2.35. The van der Waals surface area contributed by atoms with Crippen LogP contribution in [0.4, 0.5) is 0 Å². The zero-order valence-corrected chi connectivity index (χ0v) is 11.5. The van der Waals surface area contributed by atoms with Crippen LogP contribution in [0.25, 0.3) is 16.6 Å². The molecular weight excluding hydrogens is 286 g/mol. The van der Waals surface area contributed by atoms with Crippen molar-refractivity contribution in [2.24, 2.45) is 0 Å². The second-order valence-corrected chi connectivity index (χ2v) is 5.21. The van der Waals surface area contributed by atoms with Crippen LogP contribution in [-0.2, 0) is 11.2 Å². The van der Waals surface area contributed by atoms with E-state index in [1.54, 1.807) is 6.20 Å². The second kappa shape index (κ2) is 4.71. The predicted octanol–water partition coefficient (Wildman–Crippen LogP) is 2.61. The summed E-state index contributed by atoms with van der Waals surface area (Å²) in [6.45, 7) is 0. The van der Waals surface area contributed by atoms with Crippen molar-refractivity contribution >= 4 is 35.0 Å². The van der Waals surface area contributed by atoms with Gasteiger partial charge in [0.15, 0.2) is 5.01 Å². The van der Waals surface area contributed by atoms with Gasteiger partial charge in [-0.05, 0) is 0 Å². The SMILES string of the molecule is COC(=O)c1nnc(-c2cnc3c(c2Cl)C=CC3)s1. The number of nitrogens with zero attached hydrogens (tertiary/aromatic N) is 3. The lowest BCUT2D eigenvalue weighted by Crippen LogP contribution is -1.99. The van der Waals surface area contributed by atoms with Gasteiger partial charge in [0.2, 0.25) is 5.01 Å². The van der Waals surface area contributed by atoms with Gasteiger partial charge in [0.05, 0.1) is 23.4 Å². The molecule has 3 rings (SSSR count). The molecule has 2 heterocycles. The van der Waals surface area contributed by atoms with E-state index in [-0.39, 0.29) is 5.01 Å². The summed E-state index contributed by atoms with van der Waals surface area (Å²) in [5.74, 6) is -0.506. The highest BCUT2D eigenvalue weighted by Gasteiger charge is 2.19. The minimum Gasteiger partial charge on any atom is -0.464 e. The number of ether oxygens (including phenoxy) is 1. The fourth-order valence-electron chi connectivity index (χ4n) is 1.81. The van der Waals surface area contributed by atoms with Crippen LogP contribution in [0.3, 0.4) is 0 Å². The number of rotatable bonds is 2. The number of pyridine rings is 1. The van der Waals surface area contributed by atoms with E-state index >= 15 is 0 Å². The number of carbonyl (C=O) groups is 1. The van der Waals surface area contributed by atoms with E-state index in [0.29, 0.717) is 15.6 Å². The van der Waals surface area contributed by atoms with Crippen LogP contribution in [0.15, 0.2) is 12.3 Å². The van der Waals surface area contributed by atoms with Gasteiger partial charge in [0.25, 0.3) is 0 Å². The van der Waals surface area contributed by atoms with E-state index in [0.717, 1.165) is 29.0 Å². The Kier molecular flexibility index (Phi) is 3.04. The van der Waals surface area contributed by atoms with E-state index in [1.165, 1.54) is 7.11 Å². The predicted molar refractivity (Wildman–Crippen MR) is 72.2 cm³/mol. The number of hydrogen-bond acceptors (Lipinski definition) is 6. The molecule has 0 aromatic carbocycles. The van der Waals surface area contributed by atoms with Crippen LogP contribution < -0.4 is 0 Å². The Bertz CT molecular complexity index is 696. The molecule has 0 radical (unpaired) electrons. The standard InChI is InChI=1S/C12H8ClN3O2S/c1-18-12(17)11-16-15-10(19-11)7-5-14-8-4-2-3-6(8)9(7)13/h2-3,5H,4H2,1H3. The summed E-state index contributed by atoms with van der Waals surface area (Å²) in [5, 5.41) is 9.09. The summed E-state index contributed by atoms with van der Waals surface area (Å²) in [6.07, 6.45) is 6.40. The molecule has 1 aliphatic carbocycles. The van der Waals surface area contributed by atoms with Crippen LogP contribution >= 0.6 is 22.9 Å². The highest BCUT2D eigenvalue weighted by molar-refractivity contribution is 7.16. The molecule has 19 heavy (non-hydrogen) atoms. The number of fused-ring (bicyclic) bond motifs is 1. The first-order valence-electron chi connectivity index (χ1n) is 5.47. The Balaban J connectivity index is 2.05. The lowest BCUT2D eigenvalue weighted by molar-refractivity contribution is 0.0599. The maximum absolute atomic E-state index is 11.4. The molecule has 0 saturated carbocycles. The van der Waals surface area contributed by atoms with Gasteiger partial charge in [0.1, 0.15) is 0 Å². The van der Waals surface area contributed by atoms with Gasteiger partial charge in [-0.1, -0.05) is 35.1 Å². The smallest absolute Gasteiger partial charge is 0.369 e. The normalized spacial score (nSPS) is 12.5. The van der Waals surface area contributed by atoms with E-state index < -0.39 is 5.97 Å². The fraction of sp³-hybridized carbons (Fsp3) is 0.167. The Morgan fingerprint density at radius 2 is 2.32 bits per heavy atom. The van der Waals surface area contributed by atoms with Crippen molar-refractivity contribution in [3.8, 4) is 10.6 Å². The summed E-state index contributed by atoms with van der Waals surface area (Å²) in [4.78, 5) is 15.7. The quantitative estimate of drug-likeness (QED) is 0.796. The second-order valence-electron chi connectivity index (χ2n) is 3.86. The molecule has 0 amide bonds. The molecule has 0 bridgehead atoms. The van der Waals surface area contributed by atoms with Crippen molar-refractivity contribution in [3.05, 3.63) is 33.6 Å². The third kappa shape index (κ3) is 2.02. The van der Waals surface area contributed by atoms with E-state index in [2.05, 4.69) is 19.9 Å². The maximum atomic E-state index is 11.4. The van der Waals surface area contributed by atoms with Crippen molar-refractivity contribution < 1.29 is 9.53 Å². The van der Waals surface area contributed by atoms with Crippen molar-refractivity contribution in [1.82, 2.24) is 15.2 Å². The maximum Gasteiger partial charge on any atom is 0.369 e. The van der Waals surface area contributed by atoms with Crippen LogP contribution in [0.5, 0.6) is 0 Å². The fourth-order valence-corrected chi connectivity index (χ4v) is 2.96. The molecule has 7 heteroatoms. The largest absolute Gasteiger partial charge is 0.464 e. The number of esters is 1. The summed E-state index contributed by atoms with van der Waals surface area (Å²) >= 11 is 7.48. The number of allylic oxidation sites excluding steroid dienone is 1. The van der Waals surface area contributed by atoms with Crippen molar-refractivity contribution in [3.63, 3.8) is 0 Å². The van der Waals surface area contributed by atoms with Crippen LogP contribution in [0, 0.1) is 0 Å². The first-order chi connectivity index (χ1) is 9.20.